The van der Waals surface area contributed by atoms with Crippen LogP contribution in [0, 0.1) is 0 Å². The Morgan fingerprint density at radius 2 is 1.56 bits per heavy atom. The number of hydrogen-bond donors (Lipinski definition) is 1. The van der Waals surface area contributed by atoms with Gasteiger partial charge in [0, 0.05) is 11.3 Å². The molecule has 0 saturated carbocycles. The third-order valence-electron chi connectivity index (χ3n) is 2.60. The molecule has 0 heterocycles. The molecule has 0 atom stereocenters. The van der Waals surface area contributed by atoms with Crippen LogP contribution in [0.15, 0.2) is 61.2 Å². The molecule has 2 aromatic rings. The van der Waals surface area contributed by atoms with Gasteiger partial charge in [0.05, 0.1) is 0 Å². The van der Waals surface area contributed by atoms with Crippen molar-refractivity contribution in [2.24, 2.45) is 5.73 Å². The maximum atomic E-state index is 5.77. The van der Waals surface area contributed by atoms with Gasteiger partial charge in [-0.05, 0) is 17.5 Å². The monoisotopic (exact) mass is 209 g/mol. The summed E-state index contributed by atoms with van der Waals surface area (Å²) in [5, 5.41) is 0. The van der Waals surface area contributed by atoms with Crippen LogP contribution in [0.1, 0.15) is 16.7 Å². The van der Waals surface area contributed by atoms with Crippen LogP contribution < -0.4 is 5.73 Å². The molecule has 0 aliphatic carbocycles. The minimum Gasteiger partial charge on any atom is -0.399 e. The van der Waals surface area contributed by atoms with E-state index in [1.165, 1.54) is 11.1 Å². The SMILES string of the molecule is C=C(N)c1ccccc1Cc1ccccc1. The summed E-state index contributed by atoms with van der Waals surface area (Å²) in [5.41, 5.74) is 9.96. The highest BCUT2D eigenvalue weighted by molar-refractivity contribution is 5.63. The third-order valence-corrected chi connectivity index (χ3v) is 2.60. The Bertz CT molecular complexity index is 486. The maximum absolute atomic E-state index is 5.77. The number of hydrogen-bond acceptors (Lipinski definition) is 1. The van der Waals surface area contributed by atoms with Crippen LogP contribution in [0.5, 0.6) is 0 Å². The molecule has 1 nitrogen and oxygen atoms in total. The Kier molecular flexibility index (Phi) is 3.06. The van der Waals surface area contributed by atoms with Crippen LogP contribution in [-0.4, -0.2) is 0 Å². The highest BCUT2D eigenvalue weighted by Crippen LogP contribution is 2.17. The molecule has 0 fully saturated rings. The second-order valence-electron chi connectivity index (χ2n) is 3.84. The summed E-state index contributed by atoms with van der Waals surface area (Å²) in [7, 11) is 0. The highest BCUT2D eigenvalue weighted by Gasteiger charge is 2.03. The van der Waals surface area contributed by atoms with Crippen molar-refractivity contribution >= 4 is 5.70 Å². The van der Waals surface area contributed by atoms with Gasteiger partial charge in [-0.1, -0.05) is 61.2 Å². The molecule has 2 rings (SSSR count). The van der Waals surface area contributed by atoms with Crippen molar-refractivity contribution in [1.29, 1.82) is 0 Å². The van der Waals surface area contributed by atoms with Crippen LogP contribution in [-0.2, 0) is 6.42 Å². The number of nitrogens with two attached hydrogens (primary N) is 1. The normalized spacial score (nSPS) is 10.0. The molecule has 0 aromatic heterocycles. The van der Waals surface area contributed by atoms with Crippen molar-refractivity contribution in [3.63, 3.8) is 0 Å². The first-order valence-corrected chi connectivity index (χ1v) is 5.34. The molecular weight excluding hydrogens is 194 g/mol. The maximum Gasteiger partial charge on any atom is 0.0317 e. The largest absolute Gasteiger partial charge is 0.399 e. The van der Waals surface area contributed by atoms with Crippen LogP contribution >= 0.6 is 0 Å². The molecular formula is C15H15N. The van der Waals surface area contributed by atoms with E-state index in [4.69, 9.17) is 5.73 Å². The van der Waals surface area contributed by atoms with Gasteiger partial charge < -0.3 is 5.73 Å². The Labute approximate surface area is 96.2 Å². The Hall–Kier alpha value is -2.02. The molecule has 2 N–H and O–H groups in total. The van der Waals surface area contributed by atoms with Crippen molar-refractivity contribution in [2.75, 3.05) is 0 Å². The fraction of sp³-hybridized carbons (Fsp3) is 0.0667. The average molecular weight is 209 g/mol. The quantitative estimate of drug-likeness (QED) is 0.825. The Morgan fingerprint density at radius 1 is 0.938 bits per heavy atom. The van der Waals surface area contributed by atoms with Gasteiger partial charge in [-0.15, -0.1) is 0 Å². The predicted octanol–water partition coefficient (Wildman–Crippen LogP) is 3.21. The molecule has 0 spiro atoms. The van der Waals surface area contributed by atoms with Gasteiger partial charge in [0.2, 0.25) is 0 Å². The molecule has 2 aromatic carbocycles. The fourth-order valence-corrected chi connectivity index (χ4v) is 1.80. The summed E-state index contributed by atoms with van der Waals surface area (Å²) in [4.78, 5) is 0. The molecule has 80 valence electrons. The lowest BCUT2D eigenvalue weighted by Crippen LogP contribution is -2.00. The molecule has 0 amide bonds. The minimum atomic E-state index is 0.631. The molecule has 0 aliphatic heterocycles. The van der Waals surface area contributed by atoms with E-state index in [0.29, 0.717) is 5.70 Å². The van der Waals surface area contributed by atoms with Crippen LogP contribution in [0.4, 0.5) is 0 Å². The zero-order valence-electron chi connectivity index (χ0n) is 9.19. The fourth-order valence-electron chi connectivity index (χ4n) is 1.80. The smallest absolute Gasteiger partial charge is 0.0317 e. The first kappa shape index (κ1) is 10.5. The lowest BCUT2D eigenvalue weighted by atomic mass is 9.98. The van der Waals surface area contributed by atoms with Gasteiger partial charge >= 0.3 is 0 Å². The average Bonchev–Trinajstić information content (AvgIpc) is 2.31. The van der Waals surface area contributed by atoms with E-state index in [1.54, 1.807) is 0 Å². The summed E-state index contributed by atoms with van der Waals surface area (Å²) in [5.74, 6) is 0. The van der Waals surface area contributed by atoms with E-state index < -0.39 is 0 Å². The molecule has 16 heavy (non-hydrogen) atoms. The van der Waals surface area contributed by atoms with Gasteiger partial charge in [-0.25, -0.2) is 0 Å². The van der Waals surface area contributed by atoms with Gasteiger partial charge in [-0.2, -0.15) is 0 Å². The zero-order valence-corrected chi connectivity index (χ0v) is 9.19. The van der Waals surface area contributed by atoms with E-state index in [-0.39, 0.29) is 0 Å². The van der Waals surface area contributed by atoms with Crippen LogP contribution in [0.3, 0.4) is 0 Å². The lowest BCUT2D eigenvalue weighted by Gasteiger charge is -2.08. The van der Waals surface area contributed by atoms with E-state index in [1.807, 2.05) is 24.3 Å². The minimum absolute atomic E-state index is 0.631. The Balaban J connectivity index is 2.31. The van der Waals surface area contributed by atoms with Gasteiger partial charge in [-0.3, -0.25) is 0 Å². The first-order valence-electron chi connectivity index (χ1n) is 5.34. The molecule has 0 unspecified atom stereocenters. The predicted molar refractivity (Wildman–Crippen MR) is 68.9 cm³/mol. The zero-order chi connectivity index (χ0) is 11.4. The van der Waals surface area contributed by atoms with Crippen molar-refractivity contribution in [1.82, 2.24) is 0 Å². The second-order valence-corrected chi connectivity index (χ2v) is 3.84. The summed E-state index contributed by atoms with van der Waals surface area (Å²) in [6.45, 7) is 3.81. The van der Waals surface area contributed by atoms with Gasteiger partial charge in [0.25, 0.3) is 0 Å². The molecule has 0 aliphatic rings. The summed E-state index contributed by atoms with van der Waals surface area (Å²) < 4.78 is 0. The van der Waals surface area contributed by atoms with Crippen LogP contribution in [0.25, 0.3) is 5.70 Å². The van der Waals surface area contributed by atoms with Crippen LogP contribution in [0.2, 0.25) is 0 Å². The highest BCUT2D eigenvalue weighted by atomic mass is 14.6. The number of rotatable bonds is 3. The van der Waals surface area contributed by atoms with E-state index in [9.17, 15) is 0 Å². The van der Waals surface area contributed by atoms with E-state index >= 15 is 0 Å². The van der Waals surface area contributed by atoms with Gasteiger partial charge in [0.15, 0.2) is 0 Å². The molecule has 1 heteroatoms. The van der Waals surface area contributed by atoms with Crippen molar-refractivity contribution in [3.8, 4) is 0 Å². The van der Waals surface area contributed by atoms with Crippen molar-refractivity contribution in [2.45, 2.75) is 6.42 Å². The summed E-state index contributed by atoms with van der Waals surface area (Å²) in [6.07, 6.45) is 0.896. The summed E-state index contributed by atoms with van der Waals surface area (Å²) in [6, 6.07) is 18.5. The molecule has 0 bridgehead atoms. The van der Waals surface area contributed by atoms with E-state index in [2.05, 4.69) is 36.9 Å². The standard InChI is InChI=1S/C15H15N/c1-12(16)15-10-6-5-9-14(15)11-13-7-3-2-4-8-13/h2-10H,1,11,16H2. The summed E-state index contributed by atoms with van der Waals surface area (Å²) >= 11 is 0. The van der Waals surface area contributed by atoms with Gasteiger partial charge in [0.1, 0.15) is 0 Å². The lowest BCUT2D eigenvalue weighted by molar-refractivity contribution is 1.18. The number of benzene rings is 2. The topological polar surface area (TPSA) is 26.0 Å². The molecule has 0 saturated heterocycles. The first-order chi connectivity index (χ1) is 7.77. The third kappa shape index (κ3) is 2.31. The Morgan fingerprint density at radius 3 is 2.25 bits per heavy atom. The second kappa shape index (κ2) is 4.67. The van der Waals surface area contributed by atoms with Crippen molar-refractivity contribution in [3.05, 3.63) is 77.9 Å². The molecule has 0 radical (unpaired) electrons. The van der Waals surface area contributed by atoms with Crippen molar-refractivity contribution < 1.29 is 0 Å². The van der Waals surface area contributed by atoms with E-state index in [0.717, 1.165) is 12.0 Å².